The molecule has 0 spiro atoms. The number of benzene rings is 1. The van der Waals surface area contributed by atoms with Crippen molar-refractivity contribution in [3.63, 3.8) is 0 Å². The molecule has 6 nitrogen and oxygen atoms in total. The number of amides is 2. The molecule has 0 radical (unpaired) electrons. The van der Waals surface area contributed by atoms with Gasteiger partial charge in [0, 0.05) is 25.5 Å². The number of rotatable bonds is 2. The third kappa shape index (κ3) is 2.81. The van der Waals surface area contributed by atoms with Gasteiger partial charge in [-0.1, -0.05) is 6.07 Å². The van der Waals surface area contributed by atoms with Gasteiger partial charge < -0.3 is 10.2 Å². The van der Waals surface area contributed by atoms with Gasteiger partial charge in [0.2, 0.25) is 5.91 Å². The quantitative estimate of drug-likeness (QED) is 0.910. The van der Waals surface area contributed by atoms with E-state index < -0.39 is 17.8 Å². The summed E-state index contributed by atoms with van der Waals surface area (Å²) in [5, 5.41) is 6.81. The van der Waals surface area contributed by atoms with Gasteiger partial charge in [-0.15, -0.1) is 0 Å². The van der Waals surface area contributed by atoms with Gasteiger partial charge in [-0.05, 0) is 31.5 Å². The normalized spacial score (nSPS) is 18.4. The number of hydrogen-bond acceptors (Lipinski definition) is 3. The van der Waals surface area contributed by atoms with E-state index >= 15 is 0 Å². The van der Waals surface area contributed by atoms with E-state index in [0.717, 1.165) is 0 Å². The topological polar surface area (TPSA) is 67.2 Å². The molecule has 0 aliphatic carbocycles. The molecule has 1 unspecified atom stereocenters. The molecule has 1 aromatic heterocycles. The second-order valence-electron chi connectivity index (χ2n) is 5.40. The zero-order valence-corrected chi connectivity index (χ0v) is 12.7. The van der Waals surface area contributed by atoms with Gasteiger partial charge in [0.25, 0.3) is 5.91 Å². The van der Waals surface area contributed by atoms with Crippen molar-refractivity contribution in [2.45, 2.75) is 19.4 Å². The second-order valence-corrected chi connectivity index (χ2v) is 5.40. The van der Waals surface area contributed by atoms with E-state index in [2.05, 4.69) is 10.4 Å². The summed E-state index contributed by atoms with van der Waals surface area (Å²) < 4.78 is 15.8. The molecular formula is C16H17FN4O2. The van der Waals surface area contributed by atoms with E-state index in [9.17, 15) is 14.0 Å². The smallest absolute Gasteiger partial charge is 0.259 e. The molecule has 2 amide bonds. The molecule has 1 fully saturated rings. The van der Waals surface area contributed by atoms with E-state index in [4.69, 9.17) is 0 Å². The van der Waals surface area contributed by atoms with E-state index in [0.29, 0.717) is 25.2 Å². The zero-order valence-electron chi connectivity index (χ0n) is 12.7. The number of carbonyl (C=O) groups excluding carboxylic acids is 2. The Bertz CT molecular complexity index is 730. The van der Waals surface area contributed by atoms with Gasteiger partial charge in [0.05, 0.1) is 5.69 Å². The van der Waals surface area contributed by atoms with E-state index in [1.165, 1.54) is 21.7 Å². The molecule has 1 saturated heterocycles. The first-order valence-corrected chi connectivity index (χ1v) is 7.47. The maximum absolute atomic E-state index is 14.4. The number of aromatic nitrogens is 2. The standard InChI is InChI=1S/C16H17FN4O2/c1-11-15(22)18-7-3-9-20(11)16(23)14-12(17)5-2-6-13(14)21-10-4-8-19-21/h2,4-6,8,10-11H,3,7,9H2,1H3,(H,18,22). The Morgan fingerprint density at radius 3 is 2.96 bits per heavy atom. The van der Waals surface area contributed by atoms with Crippen molar-refractivity contribution < 1.29 is 14.0 Å². The largest absolute Gasteiger partial charge is 0.354 e. The summed E-state index contributed by atoms with van der Waals surface area (Å²) in [5.41, 5.74) is 0.287. The third-order valence-electron chi connectivity index (χ3n) is 3.94. The van der Waals surface area contributed by atoms with Crippen molar-refractivity contribution in [3.8, 4) is 5.69 Å². The summed E-state index contributed by atoms with van der Waals surface area (Å²) in [4.78, 5) is 26.3. The number of nitrogens with zero attached hydrogens (tertiary/aromatic N) is 3. The van der Waals surface area contributed by atoms with Crippen molar-refractivity contribution >= 4 is 11.8 Å². The van der Waals surface area contributed by atoms with Crippen LogP contribution in [0.4, 0.5) is 4.39 Å². The van der Waals surface area contributed by atoms with Crippen LogP contribution in [-0.2, 0) is 4.79 Å². The van der Waals surface area contributed by atoms with Gasteiger partial charge in [-0.25, -0.2) is 9.07 Å². The Hall–Kier alpha value is -2.70. The van der Waals surface area contributed by atoms with Crippen LogP contribution in [-0.4, -0.2) is 45.6 Å². The fraction of sp³-hybridized carbons (Fsp3) is 0.312. The molecular weight excluding hydrogens is 299 g/mol. The van der Waals surface area contributed by atoms with Gasteiger partial charge >= 0.3 is 0 Å². The van der Waals surface area contributed by atoms with Crippen LogP contribution in [0.5, 0.6) is 0 Å². The minimum atomic E-state index is -0.643. The van der Waals surface area contributed by atoms with Gasteiger partial charge in [0.1, 0.15) is 17.4 Å². The second kappa shape index (κ2) is 6.20. The highest BCUT2D eigenvalue weighted by Gasteiger charge is 2.31. The molecule has 3 rings (SSSR count). The Balaban J connectivity index is 2.04. The van der Waals surface area contributed by atoms with Crippen LogP contribution in [0.2, 0.25) is 0 Å². The lowest BCUT2D eigenvalue weighted by molar-refractivity contribution is -0.124. The van der Waals surface area contributed by atoms with Crippen molar-refractivity contribution in [1.82, 2.24) is 20.0 Å². The van der Waals surface area contributed by atoms with Crippen LogP contribution in [0.15, 0.2) is 36.7 Å². The number of hydrogen-bond donors (Lipinski definition) is 1. The van der Waals surface area contributed by atoms with Crippen molar-refractivity contribution in [3.05, 3.63) is 48.0 Å². The minimum Gasteiger partial charge on any atom is -0.354 e. The Morgan fingerprint density at radius 2 is 2.22 bits per heavy atom. The predicted molar refractivity (Wildman–Crippen MR) is 81.6 cm³/mol. The first-order chi connectivity index (χ1) is 11.1. The van der Waals surface area contributed by atoms with E-state index in [1.54, 1.807) is 31.5 Å². The number of carbonyl (C=O) groups is 2. The van der Waals surface area contributed by atoms with E-state index in [1.807, 2.05) is 0 Å². The number of nitrogens with one attached hydrogen (secondary N) is 1. The van der Waals surface area contributed by atoms with Crippen LogP contribution in [0.3, 0.4) is 0 Å². The number of halogens is 1. The predicted octanol–water partition coefficient (Wildman–Crippen LogP) is 1.36. The molecule has 120 valence electrons. The molecule has 1 N–H and O–H groups in total. The average molecular weight is 316 g/mol. The fourth-order valence-electron chi connectivity index (χ4n) is 2.69. The highest BCUT2D eigenvalue weighted by atomic mass is 19.1. The molecule has 1 atom stereocenters. The molecule has 23 heavy (non-hydrogen) atoms. The summed E-state index contributed by atoms with van der Waals surface area (Å²) in [6, 6.07) is 5.45. The van der Waals surface area contributed by atoms with Crippen LogP contribution in [0, 0.1) is 5.82 Å². The SMILES string of the molecule is CC1C(=O)NCCCN1C(=O)c1c(F)cccc1-n1cccn1. The molecule has 1 aliphatic rings. The minimum absolute atomic E-state index is 0.0715. The van der Waals surface area contributed by atoms with Crippen LogP contribution in [0.1, 0.15) is 23.7 Å². The van der Waals surface area contributed by atoms with Crippen molar-refractivity contribution in [1.29, 1.82) is 0 Å². The third-order valence-corrected chi connectivity index (χ3v) is 3.94. The zero-order chi connectivity index (χ0) is 16.4. The molecule has 2 aromatic rings. The lowest BCUT2D eigenvalue weighted by atomic mass is 10.1. The van der Waals surface area contributed by atoms with Crippen LogP contribution in [0.25, 0.3) is 5.69 Å². The van der Waals surface area contributed by atoms with Gasteiger partial charge in [0.15, 0.2) is 0 Å². The maximum Gasteiger partial charge on any atom is 0.259 e. The van der Waals surface area contributed by atoms with Gasteiger partial charge in [-0.3, -0.25) is 9.59 Å². The van der Waals surface area contributed by atoms with Crippen molar-refractivity contribution in [2.24, 2.45) is 0 Å². The van der Waals surface area contributed by atoms with Crippen molar-refractivity contribution in [2.75, 3.05) is 13.1 Å². The fourth-order valence-corrected chi connectivity index (χ4v) is 2.69. The van der Waals surface area contributed by atoms with E-state index in [-0.39, 0.29) is 11.5 Å². The molecule has 1 aromatic carbocycles. The van der Waals surface area contributed by atoms with Gasteiger partial charge in [-0.2, -0.15) is 5.10 Å². The monoisotopic (exact) mass is 316 g/mol. The lowest BCUT2D eigenvalue weighted by Gasteiger charge is -2.26. The molecule has 1 aliphatic heterocycles. The summed E-state index contributed by atoms with van der Waals surface area (Å²) in [7, 11) is 0. The Kier molecular flexibility index (Phi) is 4.10. The highest BCUT2D eigenvalue weighted by molar-refractivity contribution is 6.00. The Morgan fingerprint density at radius 1 is 1.39 bits per heavy atom. The lowest BCUT2D eigenvalue weighted by Crippen LogP contribution is -2.45. The molecule has 2 heterocycles. The molecule has 0 saturated carbocycles. The summed E-state index contributed by atoms with van der Waals surface area (Å²) in [6.07, 6.45) is 3.83. The maximum atomic E-state index is 14.4. The average Bonchev–Trinajstić information content (AvgIpc) is 3.02. The van der Waals surface area contributed by atoms with Crippen LogP contribution >= 0.6 is 0 Å². The Labute approximate surface area is 132 Å². The van der Waals surface area contributed by atoms with Crippen LogP contribution < -0.4 is 5.32 Å². The summed E-state index contributed by atoms with van der Waals surface area (Å²) in [6.45, 7) is 2.55. The molecule has 7 heteroatoms. The first kappa shape index (κ1) is 15.2. The highest BCUT2D eigenvalue weighted by Crippen LogP contribution is 2.21. The first-order valence-electron chi connectivity index (χ1n) is 7.47. The summed E-state index contributed by atoms with van der Waals surface area (Å²) in [5.74, 6) is -1.36. The summed E-state index contributed by atoms with van der Waals surface area (Å²) >= 11 is 0. The molecule has 0 bridgehead atoms.